The fourth-order valence-electron chi connectivity index (χ4n) is 4.71. The number of hydrogen-bond acceptors (Lipinski definition) is 7. The maximum atomic E-state index is 6.34. The lowest BCUT2D eigenvalue weighted by Gasteiger charge is -2.38. The lowest BCUT2D eigenvalue weighted by Crippen LogP contribution is -2.52. The fraction of sp³-hybridized carbons (Fsp3) is 0.333. The number of morpholine rings is 1. The third-order valence-electron chi connectivity index (χ3n) is 6.48. The molecule has 0 aliphatic carbocycles. The molecule has 6 rings (SSSR count). The van der Waals surface area contributed by atoms with Crippen LogP contribution < -0.4 is 10.6 Å². The zero-order valence-electron chi connectivity index (χ0n) is 17.9. The van der Waals surface area contributed by atoms with Gasteiger partial charge in [0.1, 0.15) is 0 Å². The molecule has 0 aromatic carbocycles. The summed E-state index contributed by atoms with van der Waals surface area (Å²) in [5.74, 6) is 0. The van der Waals surface area contributed by atoms with Gasteiger partial charge in [0.25, 0.3) is 0 Å². The van der Waals surface area contributed by atoms with Crippen molar-refractivity contribution in [3.05, 3.63) is 60.0 Å². The van der Waals surface area contributed by atoms with Gasteiger partial charge < -0.3 is 15.4 Å². The van der Waals surface area contributed by atoms with Gasteiger partial charge in [0.05, 0.1) is 52.6 Å². The molecule has 6 heterocycles. The minimum atomic E-state index is -0.0789. The molecule has 4 aromatic rings. The predicted molar refractivity (Wildman–Crippen MR) is 122 cm³/mol. The van der Waals surface area contributed by atoms with E-state index in [9.17, 15) is 0 Å². The van der Waals surface area contributed by atoms with E-state index in [0.29, 0.717) is 6.61 Å². The van der Waals surface area contributed by atoms with Gasteiger partial charge in [-0.3, -0.25) is 15.1 Å². The monoisotopic (exact) mass is 427 g/mol. The maximum absolute atomic E-state index is 6.34. The first-order valence-corrected chi connectivity index (χ1v) is 11.0. The van der Waals surface area contributed by atoms with Crippen molar-refractivity contribution in [1.82, 2.24) is 35.8 Å². The Morgan fingerprint density at radius 3 is 2.84 bits per heavy atom. The van der Waals surface area contributed by atoms with Crippen LogP contribution in [0.4, 0.5) is 0 Å². The van der Waals surface area contributed by atoms with Crippen molar-refractivity contribution in [2.45, 2.75) is 25.0 Å². The van der Waals surface area contributed by atoms with Crippen molar-refractivity contribution < 1.29 is 4.74 Å². The van der Waals surface area contributed by atoms with Crippen molar-refractivity contribution >= 4 is 11.0 Å². The van der Waals surface area contributed by atoms with Gasteiger partial charge in [-0.15, -0.1) is 0 Å². The Balaban J connectivity index is 1.37. The van der Waals surface area contributed by atoms with Crippen LogP contribution >= 0.6 is 0 Å². The highest BCUT2D eigenvalue weighted by molar-refractivity contribution is 5.84. The van der Waals surface area contributed by atoms with Crippen LogP contribution in [0.2, 0.25) is 0 Å². The SMILES string of the molecule is Cc1cccc(-c2[nH]ncc2-c2ccc3nccc(C4COC5(CCNC5)CN4)c3n2)n1. The predicted octanol–water partition coefficient (Wildman–Crippen LogP) is 2.78. The minimum Gasteiger partial charge on any atom is -0.370 e. The molecule has 2 atom stereocenters. The summed E-state index contributed by atoms with van der Waals surface area (Å²) >= 11 is 0. The number of hydrogen-bond donors (Lipinski definition) is 3. The number of fused-ring (bicyclic) bond motifs is 1. The first-order valence-electron chi connectivity index (χ1n) is 11.0. The molecule has 2 saturated heterocycles. The second-order valence-corrected chi connectivity index (χ2v) is 8.64. The van der Waals surface area contributed by atoms with Gasteiger partial charge in [-0.05, 0) is 50.2 Å². The number of aromatic nitrogens is 5. The lowest BCUT2D eigenvalue weighted by molar-refractivity contribution is -0.0698. The second-order valence-electron chi connectivity index (χ2n) is 8.64. The summed E-state index contributed by atoms with van der Waals surface area (Å²) in [4.78, 5) is 14.2. The van der Waals surface area contributed by atoms with E-state index in [2.05, 4.69) is 30.8 Å². The Hall–Kier alpha value is -3.20. The molecule has 2 aliphatic rings. The van der Waals surface area contributed by atoms with Gasteiger partial charge in [0, 0.05) is 36.1 Å². The molecule has 3 N–H and O–H groups in total. The first-order chi connectivity index (χ1) is 15.7. The molecule has 162 valence electrons. The molecular weight excluding hydrogens is 402 g/mol. The van der Waals surface area contributed by atoms with E-state index in [1.807, 2.05) is 55.7 Å². The molecule has 4 aromatic heterocycles. The van der Waals surface area contributed by atoms with Crippen molar-refractivity contribution in [3.63, 3.8) is 0 Å². The number of ether oxygens (including phenoxy) is 1. The molecule has 2 unspecified atom stereocenters. The Kier molecular flexibility index (Phi) is 4.71. The summed E-state index contributed by atoms with van der Waals surface area (Å²) in [6, 6.07) is 12.1. The minimum absolute atomic E-state index is 0.0789. The average Bonchev–Trinajstić information content (AvgIpc) is 3.49. The van der Waals surface area contributed by atoms with Gasteiger partial charge >= 0.3 is 0 Å². The molecule has 0 amide bonds. The summed E-state index contributed by atoms with van der Waals surface area (Å²) in [6.45, 7) is 5.35. The van der Waals surface area contributed by atoms with E-state index in [1.165, 1.54) is 0 Å². The summed E-state index contributed by atoms with van der Waals surface area (Å²) in [5, 5.41) is 14.5. The quantitative estimate of drug-likeness (QED) is 0.462. The third kappa shape index (κ3) is 3.37. The summed E-state index contributed by atoms with van der Waals surface area (Å²) in [5.41, 5.74) is 7.21. The molecule has 2 fully saturated rings. The van der Waals surface area contributed by atoms with Crippen LogP contribution in [0.3, 0.4) is 0 Å². The highest BCUT2D eigenvalue weighted by Gasteiger charge is 2.39. The van der Waals surface area contributed by atoms with Crippen LogP contribution in [-0.4, -0.2) is 57.0 Å². The highest BCUT2D eigenvalue weighted by Crippen LogP contribution is 2.33. The molecule has 1 spiro atoms. The van der Waals surface area contributed by atoms with E-state index >= 15 is 0 Å². The molecule has 2 aliphatic heterocycles. The van der Waals surface area contributed by atoms with Crippen molar-refractivity contribution in [1.29, 1.82) is 0 Å². The van der Waals surface area contributed by atoms with E-state index in [-0.39, 0.29) is 11.6 Å². The van der Waals surface area contributed by atoms with Crippen LogP contribution in [0.25, 0.3) is 33.7 Å². The lowest BCUT2D eigenvalue weighted by atomic mass is 9.97. The molecule has 8 nitrogen and oxygen atoms in total. The van der Waals surface area contributed by atoms with E-state index in [4.69, 9.17) is 9.72 Å². The normalized spacial score (nSPS) is 23.2. The fourth-order valence-corrected chi connectivity index (χ4v) is 4.71. The van der Waals surface area contributed by atoms with Gasteiger partial charge in [-0.1, -0.05) is 6.07 Å². The number of nitrogens with zero attached hydrogens (tertiary/aromatic N) is 4. The molecule has 0 bridgehead atoms. The standard InChI is InChI=1S/C24H25N7O/c1-15-3-2-4-20(29-15)23-17(11-28-31-23)18-5-6-19-22(30-18)16(7-9-26-19)21-12-32-24(14-27-21)8-10-25-13-24/h2-7,9,11,21,25,27H,8,10,12-14H2,1H3,(H,28,31). The number of nitrogens with one attached hydrogen (secondary N) is 3. The topological polar surface area (TPSA) is 101 Å². The number of aromatic amines is 1. The van der Waals surface area contributed by atoms with Crippen molar-refractivity contribution in [3.8, 4) is 22.6 Å². The molecule has 8 heteroatoms. The maximum Gasteiger partial charge on any atom is 0.0942 e. The van der Waals surface area contributed by atoms with Crippen LogP contribution in [-0.2, 0) is 4.74 Å². The molecule has 0 radical (unpaired) electrons. The van der Waals surface area contributed by atoms with E-state index in [1.54, 1.807) is 0 Å². The third-order valence-corrected chi connectivity index (χ3v) is 6.48. The van der Waals surface area contributed by atoms with Gasteiger partial charge in [0.2, 0.25) is 0 Å². The Bertz CT molecular complexity index is 1270. The molecule has 32 heavy (non-hydrogen) atoms. The summed E-state index contributed by atoms with van der Waals surface area (Å²) in [7, 11) is 0. The van der Waals surface area contributed by atoms with Gasteiger partial charge in [0.15, 0.2) is 0 Å². The van der Waals surface area contributed by atoms with Crippen LogP contribution in [0.5, 0.6) is 0 Å². The molecular formula is C24H25N7O. The number of H-pyrrole nitrogens is 1. The largest absolute Gasteiger partial charge is 0.370 e. The summed E-state index contributed by atoms with van der Waals surface area (Å²) in [6.07, 6.45) is 4.70. The number of pyridine rings is 3. The van der Waals surface area contributed by atoms with E-state index in [0.717, 1.165) is 71.0 Å². The van der Waals surface area contributed by atoms with Crippen LogP contribution in [0.15, 0.2) is 48.8 Å². The Morgan fingerprint density at radius 2 is 2.03 bits per heavy atom. The van der Waals surface area contributed by atoms with Crippen LogP contribution in [0.1, 0.15) is 23.7 Å². The zero-order chi connectivity index (χ0) is 21.5. The highest BCUT2D eigenvalue weighted by atomic mass is 16.5. The summed E-state index contributed by atoms with van der Waals surface area (Å²) < 4.78 is 6.34. The number of rotatable bonds is 3. The average molecular weight is 428 g/mol. The van der Waals surface area contributed by atoms with Crippen LogP contribution in [0, 0.1) is 6.92 Å². The second kappa shape index (κ2) is 7.74. The smallest absolute Gasteiger partial charge is 0.0942 e. The van der Waals surface area contributed by atoms with E-state index < -0.39 is 0 Å². The Morgan fingerprint density at radius 1 is 1.06 bits per heavy atom. The number of aryl methyl sites for hydroxylation is 1. The van der Waals surface area contributed by atoms with Gasteiger partial charge in [-0.2, -0.15) is 5.10 Å². The zero-order valence-corrected chi connectivity index (χ0v) is 17.9. The first kappa shape index (κ1) is 19.5. The molecule has 0 saturated carbocycles. The van der Waals surface area contributed by atoms with Crippen molar-refractivity contribution in [2.75, 3.05) is 26.2 Å². The van der Waals surface area contributed by atoms with Gasteiger partial charge in [-0.25, -0.2) is 4.98 Å². The van der Waals surface area contributed by atoms with Crippen molar-refractivity contribution in [2.24, 2.45) is 0 Å². The Labute approximate surface area is 185 Å².